The Hall–Kier alpha value is -0.970. The summed E-state index contributed by atoms with van der Waals surface area (Å²) in [6.45, 7) is 0. The molecule has 1 saturated heterocycles. The van der Waals surface area contributed by atoms with E-state index in [9.17, 15) is 4.79 Å². The van der Waals surface area contributed by atoms with Crippen molar-refractivity contribution in [3.63, 3.8) is 0 Å². The summed E-state index contributed by atoms with van der Waals surface area (Å²) in [6, 6.07) is 9.87. The fourth-order valence-corrected chi connectivity index (χ4v) is 3.84. The Morgan fingerprint density at radius 1 is 1.21 bits per heavy atom. The van der Waals surface area contributed by atoms with Gasteiger partial charge < -0.3 is 9.47 Å². The summed E-state index contributed by atoms with van der Waals surface area (Å²) in [5, 5.41) is 0. The van der Waals surface area contributed by atoms with E-state index in [1.165, 1.54) is 0 Å². The number of hydrogen-bond acceptors (Lipinski definition) is 3. The van der Waals surface area contributed by atoms with Gasteiger partial charge in [0.1, 0.15) is 10.4 Å². The van der Waals surface area contributed by atoms with Crippen LogP contribution in [0.2, 0.25) is 0 Å². The average molecular weight is 321 g/mol. The zero-order chi connectivity index (χ0) is 13.0. The molecule has 0 N–H and O–H groups in total. The van der Waals surface area contributed by atoms with E-state index >= 15 is 0 Å². The Morgan fingerprint density at radius 3 is 2.74 bits per heavy atom. The first-order chi connectivity index (χ1) is 9.18. The number of hydrogen-bond donors (Lipinski definition) is 0. The van der Waals surface area contributed by atoms with Gasteiger partial charge in [-0.25, -0.2) is 0 Å². The van der Waals surface area contributed by atoms with Crippen molar-refractivity contribution < 1.29 is 14.3 Å². The fourth-order valence-electron chi connectivity index (χ4n) is 3.16. The molecule has 4 heteroatoms. The van der Waals surface area contributed by atoms with Crippen LogP contribution in [0.3, 0.4) is 0 Å². The summed E-state index contributed by atoms with van der Waals surface area (Å²) in [7, 11) is 0. The van der Waals surface area contributed by atoms with E-state index in [1.54, 1.807) is 0 Å². The molecule has 3 nitrogen and oxygen atoms in total. The summed E-state index contributed by atoms with van der Waals surface area (Å²) in [5.74, 6) is 0.337. The minimum absolute atomic E-state index is 0.0349. The van der Waals surface area contributed by atoms with Gasteiger partial charge in [-0.1, -0.05) is 58.4 Å². The molecule has 98 valence electrons. The number of ether oxygens (including phenoxy) is 2. The third kappa shape index (κ3) is 1.60. The molecule has 3 aliphatic carbocycles. The molecule has 0 radical (unpaired) electrons. The van der Waals surface area contributed by atoms with Gasteiger partial charge in [-0.2, -0.15) is 0 Å². The first-order valence-corrected chi connectivity index (χ1v) is 7.25. The smallest absolute Gasteiger partial charge is 0.184 e. The van der Waals surface area contributed by atoms with E-state index in [2.05, 4.69) is 22.0 Å². The van der Waals surface area contributed by atoms with E-state index in [-0.39, 0.29) is 30.2 Å². The van der Waals surface area contributed by atoms with Gasteiger partial charge in [0.05, 0.1) is 6.10 Å². The fraction of sp³-hybridized carbons (Fsp3) is 0.400. The molecule has 0 amide bonds. The van der Waals surface area contributed by atoms with Crippen LogP contribution < -0.4 is 0 Å². The Labute approximate surface area is 119 Å². The van der Waals surface area contributed by atoms with Crippen LogP contribution in [0.1, 0.15) is 18.3 Å². The van der Waals surface area contributed by atoms with E-state index < -0.39 is 4.32 Å². The van der Waals surface area contributed by atoms with Crippen molar-refractivity contribution in [1.29, 1.82) is 0 Å². The number of carbonyl (C=O) groups is 1. The second-order valence-corrected chi connectivity index (χ2v) is 6.63. The Morgan fingerprint density at radius 2 is 2.00 bits per heavy atom. The minimum Gasteiger partial charge on any atom is -0.342 e. The lowest BCUT2D eigenvalue weighted by Gasteiger charge is -2.43. The Balaban J connectivity index is 1.68. The predicted molar refractivity (Wildman–Crippen MR) is 72.8 cm³/mol. The number of ketones is 1. The van der Waals surface area contributed by atoms with Crippen molar-refractivity contribution >= 4 is 21.7 Å². The van der Waals surface area contributed by atoms with Crippen LogP contribution in [-0.4, -0.2) is 22.3 Å². The van der Waals surface area contributed by atoms with Crippen LogP contribution in [0.4, 0.5) is 0 Å². The number of halogens is 1. The summed E-state index contributed by atoms with van der Waals surface area (Å²) in [4.78, 5) is 12.1. The molecule has 19 heavy (non-hydrogen) atoms. The van der Waals surface area contributed by atoms with Crippen LogP contribution in [0.5, 0.6) is 0 Å². The number of Topliss-reactive ketones (excluding diaryl/α,β-unsaturated/α-hetero) is 1. The molecule has 1 saturated carbocycles. The molecule has 1 aromatic carbocycles. The lowest BCUT2D eigenvalue weighted by atomic mass is 9.71. The number of benzene rings is 1. The average Bonchev–Trinajstić information content (AvgIpc) is 2.89. The van der Waals surface area contributed by atoms with Crippen LogP contribution >= 0.6 is 15.9 Å². The van der Waals surface area contributed by atoms with Gasteiger partial charge in [-0.3, -0.25) is 4.79 Å². The summed E-state index contributed by atoms with van der Waals surface area (Å²) >= 11 is 3.56. The quantitative estimate of drug-likeness (QED) is 0.589. The maximum Gasteiger partial charge on any atom is 0.184 e. The first-order valence-electron chi connectivity index (χ1n) is 6.46. The maximum atomic E-state index is 12.1. The molecular weight excluding hydrogens is 308 g/mol. The highest BCUT2D eigenvalue weighted by molar-refractivity contribution is 9.10. The van der Waals surface area contributed by atoms with Crippen molar-refractivity contribution in [1.82, 2.24) is 0 Å². The van der Waals surface area contributed by atoms with Crippen molar-refractivity contribution in [3.05, 3.63) is 48.0 Å². The minimum atomic E-state index is -0.698. The maximum absolute atomic E-state index is 12.1. The van der Waals surface area contributed by atoms with Gasteiger partial charge in [-0.15, -0.1) is 0 Å². The third-order valence-corrected chi connectivity index (χ3v) is 5.35. The normalized spacial score (nSPS) is 43.5. The summed E-state index contributed by atoms with van der Waals surface area (Å²) in [6.07, 6.45) is 3.91. The molecule has 4 aliphatic rings. The van der Waals surface area contributed by atoms with Crippen LogP contribution in [0.15, 0.2) is 42.5 Å². The van der Waals surface area contributed by atoms with Crippen molar-refractivity contribution in [3.8, 4) is 0 Å². The van der Waals surface area contributed by atoms with Crippen LogP contribution in [0.25, 0.3) is 0 Å². The second kappa shape index (κ2) is 4.01. The zero-order valence-electron chi connectivity index (χ0n) is 10.2. The van der Waals surface area contributed by atoms with Crippen molar-refractivity contribution in [2.45, 2.75) is 29.2 Å². The number of rotatable bonds is 1. The van der Waals surface area contributed by atoms with Gasteiger partial charge in [0, 0.05) is 17.9 Å². The van der Waals surface area contributed by atoms with Crippen LogP contribution in [-0.2, 0) is 14.3 Å². The predicted octanol–water partition coefficient (Wildman–Crippen LogP) is 2.76. The van der Waals surface area contributed by atoms with Gasteiger partial charge >= 0.3 is 0 Å². The summed E-state index contributed by atoms with van der Waals surface area (Å²) in [5.41, 5.74) is 1.000. The van der Waals surface area contributed by atoms with E-state index in [0.717, 1.165) is 5.56 Å². The molecule has 2 bridgehead atoms. The summed E-state index contributed by atoms with van der Waals surface area (Å²) < 4.78 is 11.4. The van der Waals surface area contributed by atoms with Crippen LogP contribution in [0, 0.1) is 5.92 Å². The molecular formula is C15H13BrO3. The molecule has 1 aliphatic heterocycles. The largest absolute Gasteiger partial charge is 0.342 e. The van der Waals surface area contributed by atoms with Gasteiger partial charge in [0.25, 0.3) is 0 Å². The molecule has 0 spiro atoms. The lowest BCUT2D eigenvalue weighted by Crippen LogP contribution is -2.57. The Bertz CT molecular complexity index is 556. The molecule has 1 aromatic rings. The highest BCUT2D eigenvalue weighted by Crippen LogP contribution is 2.51. The Kier molecular flexibility index (Phi) is 2.50. The molecule has 5 rings (SSSR count). The molecule has 2 fully saturated rings. The standard InChI is InChI=1S/C15H13BrO3/c16-15-7-6-10(8-11(15)17)12-13(15)19-14(18-12)9-4-2-1-3-5-9/h1-7,10,12-14H,8H2/t10-,12-,13-,14-,15-/m0/s1. The van der Waals surface area contributed by atoms with E-state index in [1.807, 2.05) is 36.4 Å². The number of fused-ring (bicyclic) bond motifs is 1. The molecule has 0 unspecified atom stereocenters. The SMILES string of the molecule is O=C1C[C@@H]2C=C[C@@]1(Br)[C@H]1O[C@@H](c3ccccc3)O[C@@H]21. The number of alkyl halides is 1. The lowest BCUT2D eigenvalue weighted by molar-refractivity contribution is -0.128. The zero-order valence-corrected chi connectivity index (χ0v) is 11.7. The highest BCUT2D eigenvalue weighted by Gasteiger charge is 2.60. The van der Waals surface area contributed by atoms with Crippen molar-refractivity contribution in [2.24, 2.45) is 5.92 Å². The molecule has 5 atom stereocenters. The van der Waals surface area contributed by atoms with Gasteiger partial charge in [0.2, 0.25) is 0 Å². The number of carbonyl (C=O) groups excluding carboxylic acids is 1. The van der Waals surface area contributed by atoms with Gasteiger partial charge in [0.15, 0.2) is 12.1 Å². The monoisotopic (exact) mass is 320 g/mol. The first kappa shape index (κ1) is 11.8. The van der Waals surface area contributed by atoms with E-state index in [0.29, 0.717) is 6.42 Å². The second-order valence-electron chi connectivity index (χ2n) is 5.32. The topological polar surface area (TPSA) is 35.5 Å². The van der Waals surface area contributed by atoms with E-state index in [4.69, 9.17) is 9.47 Å². The van der Waals surface area contributed by atoms with Gasteiger partial charge in [-0.05, 0) is 0 Å². The third-order valence-electron chi connectivity index (χ3n) is 4.19. The molecule has 1 heterocycles. The van der Waals surface area contributed by atoms with Crippen molar-refractivity contribution in [2.75, 3.05) is 0 Å². The highest BCUT2D eigenvalue weighted by atomic mass is 79.9. The molecule has 0 aromatic heterocycles.